The number of primary amides is 1. The topological polar surface area (TPSA) is 99.8 Å². The predicted molar refractivity (Wildman–Crippen MR) is 145 cm³/mol. The van der Waals surface area contributed by atoms with Gasteiger partial charge in [-0.05, 0) is 98.7 Å². The Bertz CT molecular complexity index is 1200. The number of halogens is 3. The number of carbonyl (C=O) groups excluding carboxylic acids is 2. The molecule has 192 valence electrons. The van der Waals surface area contributed by atoms with Crippen molar-refractivity contribution in [3.63, 3.8) is 0 Å². The van der Waals surface area contributed by atoms with Crippen molar-refractivity contribution in [2.24, 2.45) is 17.6 Å². The first kappa shape index (κ1) is 25.9. The fraction of sp³-hybridized carbons (Fsp3) is 0.500. The van der Waals surface area contributed by atoms with E-state index in [1.807, 2.05) is 23.1 Å². The summed E-state index contributed by atoms with van der Waals surface area (Å²) in [4.78, 5) is 32.7. The summed E-state index contributed by atoms with van der Waals surface area (Å²) >= 11 is 13.6. The van der Waals surface area contributed by atoms with Gasteiger partial charge in [-0.1, -0.05) is 17.7 Å². The van der Waals surface area contributed by atoms with Crippen molar-refractivity contribution in [1.29, 1.82) is 0 Å². The van der Waals surface area contributed by atoms with Crippen LogP contribution < -0.4 is 5.73 Å². The summed E-state index contributed by atoms with van der Waals surface area (Å²) in [6.07, 6.45) is 5.79. The summed E-state index contributed by atoms with van der Waals surface area (Å²) in [6.45, 7) is 2.31. The summed E-state index contributed by atoms with van der Waals surface area (Å²) in [6, 6.07) is 5.39. The van der Waals surface area contributed by atoms with E-state index in [0.717, 1.165) is 44.9 Å². The van der Waals surface area contributed by atoms with Crippen LogP contribution in [0, 0.1) is 11.8 Å². The fourth-order valence-electron chi connectivity index (χ4n) is 6.13. The second-order valence-corrected chi connectivity index (χ2v) is 12.2. The third kappa shape index (κ3) is 4.68. The van der Waals surface area contributed by atoms with E-state index >= 15 is 0 Å². The van der Waals surface area contributed by atoms with Gasteiger partial charge in [0.1, 0.15) is 5.60 Å². The summed E-state index contributed by atoms with van der Waals surface area (Å²) < 4.78 is 1.70. The lowest BCUT2D eigenvalue weighted by Crippen LogP contribution is -2.47. The molecule has 0 saturated carbocycles. The SMILES string of the molecule is NC(=O)N1CCC(CC(=O)N2CCC(C3(O)c4ccc(Cl)c(Br)c4CCc4cc(Br)cnc43)CC2)C1. The minimum atomic E-state index is -1.28. The molecular formula is C26H29Br2ClN4O3. The maximum Gasteiger partial charge on any atom is 0.314 e. The molecule has 2 saturated heterocycles. The summed E-state index contributed by atoms with van der Waals surface area (Å²) in [5, 5.41) is 13.2. The van der Waals surface area contributed by atoms with Crippen molar-refractivity contribution in [1.82, 2.24) is 14.8 Å². The zero-order valence-corrected chi connectivity index (χ0v) is 23.8. The van der Waals surface area contributed by atoms with E-state index in [4.69, 9.17) is 22.3 Å². The molecular weight excluding hydrogens is 612 g/mol. The van der Waals surface area contributed by atoms with Gasteiger partial charge in [0.25, 0.3) is 0 Å². The van der Waals surface area contributed by atoms with Gasteiger partial charge in [0, 0.05) is 53.7 Å². The van der Waals surface area contributed by atoms with Crippen molar-refractivity contribution >= 4 is 55.4 Å². The van der Waals surface area contributed by atoms with E-state index in [0.29, 0.717) is 56.2 Å². The number of likely N-dealkylation sites (tertiary alicyclic amines) is 2. The van der Waals surface area contributed by atoms with E-state index in [9.17, 15) is 14.7 Å². The lowest BCUT2D eigenvalue weighted by molar-refractivity contribution is -0.135. The molecule has 1 aliphatic carbocycles. The third-order valence-electron chi connectivity index (χ3n) is 8.04. The largest absolute Gasteiger partial charge is 0.378 e. The highest BCUT2D eigenvalue weighted by atomic mass is 79.9. The quantitative estimate of drug-likeness (QED) is 0.512. The number of aryl methyl sites for hydroxylation is 1. The normalized spacial score (nSPS) is 24.3. The first-order valence-corrected chi connectivity index (χ1v) is 14.3. The van der Waals surface area contributed by atoms with Crippen molar-refractivity contribution in [2.45, 2.75) is 44.1 Å². The second kappa shape index (κ2) is 10.2. The van der Waals surface area contributed by atoms with E-state index in [1.165, 1.54) is 0 Å². The molecule has 7 nitrogen and oxygen atoms in total. The molecule has 3 amide bonds. The molecule has 2 aliphatic heterocycles. The van der Waals surface area contributed by atoms with Gasteiger partial charge in [0.2, 0.25) is 5.91 Å². The lowest BCUT2D eigenvalue weighted by Gasteiger charge is -2.42. The Kier molecular flexibility index (Phi) is 7.38. The molecule has 3 N–H and O–H groups in total. The Morgan fingerprint density at radius 2 is 1.86 bits per heavy atom. The van der Waals surface area contributed by atoms with Crippen LogP contribution in [0.2, 0.25) is 5.02 Å². The molecule has 0 bridgehead atoms. The average Bonchev–Trinajstić information content (AvgIpc) is 3.28. The molecule has 2 unspecified atom stereocenters. The van der Waals surface area contributed by atoms with Crippen molar-refractivity contribution < 1.29 is 14.7 Å². The Hall–Kier alpha value is -1.68. The number of hydrogen-bond donors (Lipinski definition) is 2. The number of amides is 3. The lowest BCUT2D eigenvalue weighted by atomic mass is 9.72. The third-order valence-corrected chi connectivity index (χ3v) is 9.93. The summed E-state index contributed by atoms with van der Waals surface area (Å²) in [5.74, 6) is 0.156. The highest BCUT2D eigenvalue weighted by Gasteiger charge is 2.47. The molecule has 0 spiro atoms. The molecule has 36 heavy (non-hydrogen) atoms. The van der Waals surface area contributed by atoms with E-state index in [1.54, 1.807) is 11.1 Å². The molecule has 2 fully saturated rings. The number of hydrogen-bond acceptors (Lipinski definition) is 4. The Morgan fingerprint density at radius 1 is 1.14 bits per heavy atom. The standard InChI is InChI=1S/C26H29Br2ClN4O3/c27-18-12-16-1-2-19-20(3-4-21(29)23(19)28)26(36,24(16)31-13-18)17-6-9-32(10-7-17)22(34)11-15-5-8-33(14-15)25(30)35/h3-4,12-13,15,17,36H,1-2,5-11,14H2,(H2,30,35). The maximum atomic E-state index is 13.1. The van der Waals surface area contributed by atoms with Crippen LogP contribution >= 0.6 is 43.5 Å². The number of urea groups is 1. The van der Waals surface area contributed by atoms with Crippen molar-refractivity contribution in [2.75, 3.05) is 26.2 Å². The molecule has 0 radical (unpaired) electrons. The molecule has 3 heterocycles. The number of rotatable bonds is 3. The van der Waals surface area contributed by atoms with Crippen LogP contribution in [0.4, 0.5) is 4.79 Å². The van der Waals surface area contributed by atoms with Gasteiger partial charge in [-0.2, -0.15) is 0 Å². The van der Waals surface area contributed by atoms with Crippen LogP contribution in [0.5, 0.6) is 0 Å². The van der Waals surface area contributed by atoms with Gasteiger partial charge in [0.15, 0.2) is 0 Å². The monoisotopic (exact) mass is 638 g/mol. The van der Waals surface area contributed by atoms with Crippen molar-refractivity contribution in [3.8, 4) is 0 Å². The van der Waals surface area contributed by atoms with Crippen LogP contribution in [0.15, 0.2) is 33.3 Å². The average molecular weight is 641 g/mol. The van der Waals surface area contributed by atoms with Gasteiger partial charge in [0.05, 0.1) is 10.7 Å². The molecule has 1 aromatic heterocycles. The zero-order chi connectivity index (χ0) is 25.6. The first-order chi connectivity index (χ1) is 17.2. The molecule has 5 rings (SSSR count). The smallest absolute Gasteiger partial charge is 0.314 e. The van der Waals surface area contributed by atoms with E-state index in [-0.39, 0.29) is 17.7 Å². The Morgan fingerprint density at radius 3 is 2.56 bits per heavy atom. The number of fused-ring (bicyclic) bond motifs is 2. The van der Waals surface area contributed by atoms with Crippen LogP contribution in [0.1, 0.15) is 48.1 Å². The van der Waals surface area contributed by atoms with Crippen LogP contribution in [0.25, 0.3) is 0 Å². The number of piperidine rings is 1. The highest BCUT2D eigenvalue weighted by molar-refractivity contribution is 9.10. The first-order valence-electron chi connectivity index (χ1n) is 12.3. The van der Waals surface area contributed by atoms with Gasteiger partial charge in [-0.15, -0.1) is 0 Å². The number of aliphatic hydroxyl groups is 1. The van der Waals surface area contributed by atoms with E-state index < -0.39 is 11.6 Å². The van der Waals surface area contributed by atoms with Crippen LogP contribution in [-0.2, 0) is 23.2 Å². The van der Waals surface area contributed by atoms with Crippen LogP contribution in [-0.4, -0.2) is 58.0 Å². The number of aromatic nitrogens is 1. The number of pyridine rings is 1. The minimum Gasteiger partial charge on any atom is -0.378 e. The van der Waals surface area contributed by atoms with Gasteiger partial charge >= 0.3 is 6.03 Å². The molecule has 3 aliphatic rings. The maximum absolute atomic E-state index is 13.1. The van der Waals surface area contributed by atoms with Gasteiger partial charge in [-0.3, -0.25) is 9.78 Å². The summed E-state index contributed by atoms with van der Waals surface area (Å²) in [5.41, 5.74) is 7.67. The molecule has 10 heteroatoms. The Labute approximate surface area is 232 Å². The van der Waals surface area contributed by atoms with E-state index in [2.05, 4.69) is 31.9 Å². The number of carbonyl (C=O) groups is 2. The predicted octanol–water partition coefficient (Wildman–Crippen LogP) is 4.62. The van der Waals surface area contributed by atoms with Crippen LogP contribution in [0.3, 0.4) is 0 Å². The molecule has 2 aromatic rings. The summed E-state index contributed by atoms with van der Waals surface area (Å²) in [7, 11) is 0. The zero-order valence-electron chi connectivity index (χ0n) is 19.9. The number of nitrogens with two attached hydrogens (primary N) is 1. The number of nitrogens with zero attached hydrogens (tertiary/aromatic N) is 3. The second-order valence-electron chi connectivity index (χ2n) is 10.1. The minimum absolute atomic E-state index is 0.101. The van der Waals surface area contributed by atoms with Gasteiger partial charge in [-0.25, -0.2) is 4.79 Å². The van der Waals surface area contributed by atoms with Crippen molar-refractivity contribution in [3.05, 3.63) is 60.7 Å². The van der Waals surface area contributed by atoms with Gasteiger partial charge < -0.3 is 20.6 Å². The Balaban J connectivity index is 1.38. The molecule has 1 aromatic carbocycles. The molecule has 2 atom stereocenters. The highest BCUT2D eigenvalue weighted by Crippen LogP contribution is 2.48. The number of benzene rings is 1. The fourth-order valence-corrected chi connectivity index (χ4v) is 7.23.